The fraction of sp³-hybridized carbons (Fsp3) is 0.600. The number of piperidine rings is 1. The maximum absolute atomic E-state index is 10.1. The molecule has 1 atom stereocenters. The van der Waals surface area contributed by atoms with Crippen molar-refractivity contribution in [3.05, 3.63) is 28.3 Å². The van der Waals surface area contributed by atoms with Crippen LogP contribution in [0.5, 0.6) is 5.75 Å². The molecule has 1 saturated heterocycles. The van der Waals surface area contributed by atoms with Gasteiger partial charge in [0.2, 0.25) is 0 Å². The number of phenols is 1. The van der Waals surface area contributed by atoms with E-state index >= 15 is 0 Å². The topological polar surface area (TPSA) is 32.3 Å². The van der Waals surface area contributed by atoms with Gasteiger partial charge in [0.1, 0.15) is 5.75 Å². The third kappa shape index (κ3) is 3.18. The zero-order chi connectivity index (χ0) is 13.1. The molecule has 0 aromatic heterocycles. The predicted molar refractivity (Wildman–Crippen MR) is 76.5 cm³/mol. The van der Waals surface area contributed by atoms with E-state index in [9.17, 15) is 5.11 Å². The molecule has 1 heterocycles. The number of halogens is 1. The molecule has 1 aliphatic heterocycles. The molecule has 0 radical (unpaired) electrons. The van der Waals surface area contributed by atoms with Crippen molar-refractivity contribution in [1.82, 2.24) is 5.32 Å². The van der Waals surface area contributed by atoms with Crippen molar-refractivity contribution in [1.29, 1.82) is 0 Å². The summed E-state index contributed by atoms with van der Waals surface area (Å²) in [6.45, 7) is 6.34. The second-order valence-corrected chi connectivity index (χ2v) is 5.98. The summed E-state index contributed by atoms with van der Waals surface area (Å²) in [7, 11) is 0. The molecule has 0 amide bonds. The number of hydrogen-bond donors (Lipinski definition) is 2. The van der Waals surface area contributed by atoms with Gasteiger partial charge in [0, 0.05) is 5.02 Å². The van der Waals surface area contributed by atoms with Gasteiger partial charge in [-0.25, -0.2) is 0 Å². The fourth-order valence-electron chi connectivity index (χ4n) is 2.63. The van der Waals surface area contributed by atoms with Crippen LogP contribution in [0.2, 0.25) is 5.02 Å². The summed E-state index contributed by atoms with van der Waals surface area (Å²) in [5.41, 5.74) is 2.01. The first kappa shape index (κ1) is 13.7. The summed E-state index contributed by atoms with van der Waals surface area (Å²) in [5.74, 6) is 1.35. The lowest BCUT2D eigenvalue weighted by Crippen LogP contribution is -2.30. The first-order valence-electron chi connectivity index (χ1n) is 6.80. The summed E-state index contributed by atoms with van der Waals surface area (Å²) in [5, 5.41) is 14.3. The largest absolute Gasteiger partial charge is 0.508 e. The molecule has 0 saturated carbocycles. The molecule has 2 nitrogen and oxygen atoms in total. The average Bonchev–Trinajstić information content (AvgIpc) is 2.34. The Kier molecular flexibility index (Phi) is 4.52. The molecule has 0 bridgehead atoms. The van der Waals surface area contributed by atoms with Crippen LogP contribution >= 0.6 is 11.6 Å². The Morgan fingerprint density at radius 3 is 2.83 bits per heavy atom. The van der Waals surface area contributed by atoms with Crippen LogP contribution < -0.4 is 5.32 Å². The summed E-state index contributed by atoms with van der Waals surface area (Å²) in [4.78, 5) is 0. The second-order valence-electron chi connectivity index (χ2n) is 5.57. The molecule has 2 N–H and O–H groups in total. The van der Waals surface area contributed by atoms with Crippen molar-refractivity contribution in [2.24, 2.45) is 5.92 Å². The standard InChI is InChI=1S/C15H22ClNO/c1-10(2)13-8-15(18)12(7-14(13)16)6-11-4-3-5-17-9-11/h7-8,10-11,17-18H,3-6,9H2,1-2H3. The van der Waals surface area contributed by atoms with Gasteiger partial charge in [-0.1, -0.05) is 25.4 Å². The second kappa shape index (κ2) is 5.94. The Bertz CT molecular complexity index is 411. The van der Waals surface area contributed by atoms with E-state index in [1.54, 1.807) is 0 Å². The molecule has 18 heavy (non-hydrogen) atoms. The number of benzene rings is 1. The number of hydrogen-bond acceptors (Lipinski definition) is 2. The van der Waals surface area contributed by atoms with Crippen LogP contribution in [0.4, 0.5) is 0 Å². The first-order valence-corrected chi connectivity index (χ1v) is 7.17. The number of rotatable bonds is 3. The highest BCUT2D eigenvalue weighted by atomic mass is 35.5. The van der Waals surface area contributed by atoms with Crippen molar-refractivity contribution in [3.8, 4) is 5.75 Å². The maximum Gasteiger partial charge on any atom is 0.119 e. The summed E-state index contributed by atoms with van der Waals surface area (Å²) >= 11 is 6.29. The normalized spacial score (nSPS) is 20.3. The van der Waals surface area contributed by atoms with Crippen LogP contribution in [0.15, 0.2) is 12.1 Å². The molecular formula is C15H22ClNO. The van der Waals surface area contributed by atoms with E-state index in [4.69, 9.17) is 11.6 Å². The lowest BCUT2D eigenvalue weighted by Gasteiger charge is -2.23. The molecule has 0 spiro atoms. The summed E-state index contributed by atoms with van der Waals surface area (Å²) in [6.07, 6.45) is 3.37. The zero-order valence-corrected chi connectivity index (χ0v) is 11.9. The van der Waals surface area contributed by atoms with E-state index in [1.807, 2.05) is 12.1 Å². The third-order valence-electron chi connectivity index (χ3n) is 3.73. The fourth-order valence-corrected chi connectivity index (χ4v) is 3.04. The molecule has 1 unspecified atom stereocenters. The Hall–Kier alpha value is -0.730. The first-order chi connectivity index (χ1) is 8.58. The molecule has 100 valence electrons. The van der Waals surface area contributed by atoms with Gasteiger partial charge in [-0.3, -0.25) is 0 Å². The lowest BCUT2D eigenvalue weighted by molar-refractivity contribution is 0.369. The highest BCUT2D eigenvalue weighted by Gasteiger charge is 2.17. The maximum atomic E-state index is 10.1. The highest BCUT2D eigenvalue weighted by molar-refractivity contribution is 6.31. The van der Waals surface area contributed by atoms with Crippen molar-refractivity contribution < 1.29 is 5.11 Å². The minimum atomic E-state index is 0.341. The predicted octanol–water partition coefficient (Wildman–Crippen LogP) is 3.71. The molecule has 1 aromatic rings. The van der Waals surface area contributed by atoms with Crippen molar-refractivity contribution in [2.75, 3.05) is 13.1 Å². The van der Waals surface area contributed by atoms with Crippen molar-refractivity contribution in [3.63, 3.8) is 0 Å². The smallest absolute Gasteiger partial charge is 0.119 e. The molecule has 2 rings (SSSR count). The van der Waals surface area contributed by atoms with E-state index in [1.165, 1.54) is 12.8 Å². The van der Waals surface area contributed by atoms with E-state index in [0.717, 1.165) is 35.7 Å². The van der Waals surface area contributed by atoms with Crippen molar-refractivity contribution in [2.45, 2.75) is 39.0 Å². The number of aromatic hydroxyl groups is 1. The Labute approximate surface area is 114 Å². The third-order valence-corrected chi connectivity index (χ3v) is 4.05. The highest BCUT2D eigenvalue weighted by Crippen LogP contribution is 2.33. The van der Waals surface area contributed by atoms with Gasteiger partial charge in [0.05, 0.1) is 0 Å². The van der Waals surface area contributed by atoms with E-state index in [2.05, 4.69) is 19.2 Å². The zero-order valence-electron chi connectivity index (χ0n) is 11.2. The number of phenolic OH excluding ortho intramolecular Hbond substituents is 1. The molecular weight excluding hydrogens is 246 g/mol. The molecule has 1 aliphatic rings. The molecule has 1 aromatic carbocycles. The van der Waals surface area contributed by atoms with Crippen LogP contribution in [0.3, 0.4) is 0 Å². The van der Waals surface area contributed by atoms with Gasteiger partial charge in [-0.2, -0.15) is 0 Å². The summed E-state index contributed by atoms with van der Waals surface area (Å²) in [6, 6.07) is 3.78. The average molecular weight is 268 g/mol. The van der Waals surface area contributed by atoms with Crippen LogP contribution in [-0.2, 0) is 6.42 Å². The van der Waals surface area contributed by atoms with Crippen LogP contribution in [0.25, 0.3) is 0 Å². The van der Waals surface area contributed by atoms with Gasteiger partial charge >= 0.3 is 0 Å². The Balaban J connectivity index is 2.15. The summed E-state index contributed by atoms with van der Waals surface area (Å²) < 4.78 is 0. The van der Waals surface area contributed by atoms with E-state index in [0.29, 0.717) is 17.6 Å². The van der Waals surface area contributed by atoms with Crippen LogP contribution in [0.1, 0.15) is 43.7 Å². The lowest BCUT2D eigenvalue weighted by atomic mass is 9.90. The molecule has 0 aliphatic carbocycles. The minimum absolute atomic E-state index is 0.341. The van der Waals surface area contributed by atoms with Gasteiger partial charge < -0.3 is 10.4 Å². The van der Waals surface area contributed by atoms with E-state index in [-0.39, 0.29) is 0 Å². The van der Waals surface area contributed by atoms with Gasteiger partial charge in [-0.15, -0.1) is 0 Å². The quantitative estimate of drug-likeness (QED) is 0.875. The monoisotopic (exact) mass is 267 g/mol. The van der Waals surface area contributed by atoms with Crippen LogP contribution in [-0.4, -0.2) is 18.2 Å². The van der Waals surface area contributed by atoms with Gasteiger partial charge in [-0.05, 0) is 67.4 Å². The molecule has 3 heteroatoms. The van der Waals surface area contributed by atoms with Gasteiger partial charge in [0.15, 0.2) is 0 Å². The van der Waals surface area contributed by atoms with Crippen molar-refractivity contribution >= 4 is 11.6 Å². The Morgan fingerprint density at radius 2 is 2.22 bits per heavy atom. The minimum Gasteiger partial charge on any atom is -0.508 e. The van der Waals surface area contributed by atoms with E-state index < -0.39 is 0 Å². The Morgan fingerprint density at radius 1 is 1.44 bits per heavy atom. The van der Waals surface area contributed by atoms with Crippen LogP contribution in [0, 0.1) is 5.92 Å². The SMILES string of the molecule is CC(C)c1cc(O)c(CC2CCCNC2)cc1Cl. The van der Waals surface area contributed by atoms with Gasteiger partial charge in [0.25, 0.3) is 0 Å². The number of nitrogens with one attached hydrogen (secondary N) is 1. The molecule has 1 fully saturated rings.